The predicted octanol–water partition coefficient (Wildman–Crippen LogP) is 6.42. The van der Waals surface area contributed by atoms with E-state index in [0.717, 1.165) is 30.0 Å². The van der Waals surface area contributed by atoms with Gasteiger partial charge in [-0.1, -0.05) is 29.8 Å². The number of benzene rings is 1. The maximum Gasteiger partial charge on any atom is 0.0829 e. The summed E-state index contributed by atoms with van der Waals surface area (Å²) < 4.78 is 12.5. The van der Waals surface area contributed by atoms with Gasteiger partial charge in [0.2, 0.25) is 0 Å². The molecular formula is C23H31F. The predicted molar refractivity (Wildman–Crippen MR) is 98.6 cm³/mol. The van der Waals surface area contributed by atoms with Crippen LogP contribution in [0.15, 0.2) is 30.6 Å². The van der Waals surface area contributed by atoms with Gasteiger partial charge in [0.15, 0.2) is 0 Å². The highest BCUT2D eigenvalue weighted by atomic mass is 19.1. The lowest BCUT2D eigenvalue weighted by Gasteiger charge is -2.44. The van der Waals surface area contributed by atoms with E-state index in [1.165, 1.54) is 63.4 Å². The molecule has 0 amide bonds. The zero-order chi connectivity index (χ0) is 16.5. The van der Waals surface area contributed by atoms with E-state index in [1.54, 1.807) is 11.1 Å². The largest absolute Gasteiger partial charge is 0.216 e. The lowest BCUT2D eigenvalue weighted by Crippen LogP contribution is -2.34. The van der Waals surface area contributed by atoms with Gasteiger partial charge in [0.25, 0.3) is 0 Å². The van der Waals surface area contributed by atoms with E-state index in [1.807, 2.05) is 6.08 Å². The highest BCUT2D eigenvalue weighted by Gasteiger charge is 2.38. The average Bonchev–Trinajstić information content (AvgIpc) is 2.61. The number of hydrogen-bond donors (Lipinski definition) is 0. The summed E-state index contributed by atoms with van der Waals surface area (Å²) >= 11 is 0. The highest BCUT2D eigenvalue weighted by molar-refractivity contribution is 5.33. The molecule has 130 valence electrons. The molecule has 24 heavy (non-hydrogen) atoms. The smallest absolute Gasteiger partial charge is 0.0829 e. The maximum atomic E-state index is 12.5. The molecular weight excluding hydrogens is 295 g/mol. The first kappa shape index (κ1) is 16.4. The van der Waals surface area contributed by atoms with E-state index < -0.39 is 0 Å². The Hall–Kier alpha value is -1.11. The fourth-order valence-corrected chi connectivity index (χ4v) is 5.98. The first-order valence-corrected chi connectivity index (χ1v) is 10.1. The number of halogens is 1. The van der Waals surface area contributed by atoms with Gasteiger partial charge in [0.05, 0.1) is 6.33 Å². The molecule has 3 aliphatic carbocycles. The summed E-state index contributed by atoms with van der Waals surface area (Å²) in [5.41, 5.74) is 4.64. The summed E-state index contributed by atoms with van der Waals surface area (Å²) in [5, 5.41) is 0. The van der Waals surface area contributed by atoms with Crippen LogP contribution in [0.4, 0.5) is 4.39 Å². The fraction of sp³-hybridized carbons (Fsp3) is 0.652. The molecule has 1 aromatic rings. The standard InChI is InChI=1S/C23H31F/c1-16-2-4-20-14-22(8-6-18(20)12-16)23-9-7-19-13-17(10-11-24)3-5-21(19)15-23/h2,4,10-12,17,19,21-23H,3,5-9,13-15H2,1H3/t17-,19?,21+,22?,23?/m0/s1. The molecule has 0 nitrogen and oxygen atoms in total. The quantitative estimate of drug-likeness (QED) is 0.588. The van der Waals surface area contributed by atoms with Gasteiger partial charge < -0.3 is 0 Å². The average molecular weight is 326 g/mol. The molecule has 3 aliphatic rings. The molecule has 2 fully saturated rings. The number of rotatable bonds is 2. The summed E-state index contributed by atoms with van der Waals surface area (Å²) in [7, 11) is 0. The number of hydrogen-bond acceptors (Lipinski definition) is 0. The van der Waals surface area contributed by atoms with Gasteiger partial charge in [-0.15, -0.1) is 0 Å². The van der Waals surface area contributed by atoms with Gasteiger partial charge in [0, 0.05) is 0 Å². The van der Waals surface area contributed by atoms with Gasteiger partial charge in [0.1, 0.15) is 0 Å². The Bertz CT molecular complexity index is 602. The van der Waals surface area contributed by atoms with E-state index in [2.05, 4.69) is 25.1 Å². The second-order valence-electron chi connectivity index (χ2n) is 8.76. The van der Waals surface area contributed by atoms with Crippen molar-refractivity contribution >= 4 is 0 Å². The first-order valence-electron chi connectivity index (χ1n) is 10.1. The normalized spacial score (nSPS) is 36.3. The monoisotopic (exact) mass is 326 g/mol. The third-order valence-corrected chi connectivity index (χ3v) is 7.33. The van der Waals surface area contributed by atoms with Crippen LogP contribution in [0.5, 0.6) is 0 Å². The molecule has 1 aromatic carbocycles. The molecule has 0 spiro atoms. The Balaban J connectivity index is 1.38. The summed E-state index contributed by atoms with van der Waals surface area (Å²) in [6.45, 7) is 2.21. The van der Waals surface area contributed by atoms with Crippen LogP contribution < -0.4 is 0 Å². The minimum Gasteiger partial charge on any atom is -0.216 e. The summed E-state index contributed by atoms with van der Waals surface area (Å²) in [5.74, 6) is 4.15. The van der Waals surface area contributed by atoms with E-state index in [9.17, 15) is 4.39 Å². The second kappa shape index (κ2) is 7.02. The van der Waals surface area contributed by atoms with E-state index >= 15 is 0 Å². The van der Waals surface area contributed by atoms with Crippen LogP contribution >= 0.6 is 0 Å². The Morgan fingerprint density at radius 1 is 0.875 bits per heavy atom. The van der Waals surface area contributed by atoms with Crippen molar-refractivity contribution in [2.45, 2.75) is 64.7 Å². The zero-order valence-corrected chi connectivity index (χ0v) is 15.0. The minimum atomic E-state index is 0.512. The molecule has 0 bridgehead atoms. The SMILES string of the molecule is Cc1ccc2c(c1)CCC(C1CCC3C[C@H](C=CF)CC[C@@H]3C1)C2. The lowest BCUT2D eigenvalue weighted by molar-refractivity contribution is 0.0809. The van der Waals surface area contributed by atoms with E-state index in [4.69, 9.17) is 0 Å². The molecule has 0 heterocycles. The molecule has 0 aromatic heterocycles. The maximum absolute atomic E-state index is 12.5. The van der Waals surface area contributed by atoms with Gasteiger partial charge in [-0.25, -0.2) is 4.39 Å². The van der Waals surface area contributed by atoms with Crippen LogP contribution in [0.25, 0.3) is 0 Å². The van der Waals surface area contributed by atoms with Crippen molar-refractivity contribution in [3.8, 4) is 0 Å². The van der Waals surface area contributed by atoms with E-state index in [0.29, 0.717) is 5.92 Å². The van der Waals surface area contributed by atoms with Crippen LogP contribution in [0.3, 0.4) is 0 Å². The molecule has 1 heteroatoms. The van der Waals surface area contributed by atoms with Gasteiger partial charge in [-0.2, -0.15) is 0 Å². The van der Waals surface area contributed by atoms with Crippen molar-refractivity contribution in [2.24, 2.45) is 29.6 Å². The van der Waals surface area contributed by atoms with Crippen LogP contribution in [-0.4, -0.2) is 0 Å². The molecule has 2 saturated carbocycles. The fourth-order valence-electron chi connectivity index (χ4n) is 5.98. The number of allylic oxidation sites excluding steroid dienone is 1. The Labute approximate surface area is 146 Å². The van der Waals surface area contributed by atoms with Gasteiger partial charge in [-0.05, 0) is 105 Å². The molecule has 0 saturated heterocycles. The summed E-state index contributed by atoms with van der Waals surface area (Å²) in [6, 6.07) is 7.08. The lowest BCUT2D eigenvalue weighted by atomic mass is 9.61. The Morgan fingerprint density at radius 2 is 1.62 bits per heavy atom. The Kier molecular flexibility index (Phi) is 4.79. The van der Waals surface area contributed by atoms with Gasteiger partial charge in [-0.3, -0.25) is 0 Å². The zero-order valence-electron chi connectivity index (χ0n) is 15.0. The number of fused-ring (bicyclic) bond motifs is 2. The summed E-state index contributed by atoms with van der Waals surface area (Å²) in [6.07, 6.45) is 14.6. The van der Waals surface area contributed by atoms with Crippen LogP contribution in [0, 0.1) is 36.5 Å². The third kappa shape index (κ3) is 3.32. The molecule has 0 aliphatic heterocycles. The molecule has 5 atom stereocenters. The molecule has 3 unspecified atom stereocenters. The Morgan fingerprint density at radius 3 is 2.46 bits per heavy atom. The summed E-state index contributed by atoms with van der Waals surface area (Å²) in [4.78, 5) is 0. The van der Waals surface area contributed by atoms with Gasteiger partial charge >= 0.3 is 0 Å². The van der Waals surface area contributed by atoms with Crippen molar-refractivity contribution in [1.29, 1.82) is 0 Å². The van der Waals surface area contributed by atoms with Crippen molar-refractivity contribution < 1.29 is 4.39 Å². The van der Waals surface area contributed by atoms with Crippen LogP contribution in [0.1, 0.15) is 61.6 Å². The molecule has 4 rings (SSSR count). The molecule has 0 N–H and O–H groups in total. The second-order valence-corrected chi connectivity index (χ2v) is 8.76. The minimum absolute atomic E-state index is 0.512. The van der Waals surface area contributed by atoms with E-state index in [-0.39, 0.29) is 0 Å². The van der Waals surface area contributed by atoms with Crippen LogP contribution in [0.2, 0.25) is 0 Å². The van der Waals surface area contributed by atoms with Crippen molar-refractivity contribution in [3.63, 3.8) is 0 Å². The third-order valence-electron chi connectivity index (χ3n) is 7.33. The highest BCUT2D eigenvalue weighted by Crippen LogP contribution is 2.48. The van der Waals surface area contributed by atoms with Crippen molar-refractivity contribution in [1.82, 2.24) is 0 Å². The first-order chi connectivity index (χ1) is 11.7. The molecule has 0 radical (unpaired) electrons. The number of aryl methyl sites for hydroxylation is 2. The van der Waals surface area contributed by atoms with Crippen molar-refractivity contribution in [2.75, 3.05) is 0 Å². The van der Waals surface area contributed by atoms with Crippen LogP contribution in [-0.2, 0) is 12.8 Å². The van der Waals surface area contributed by atoms with Crippen molar-refractivity contribution in [3.05, 3.63) is 47.3 Å². The topological polar surface area (TPSA) is 0 Å².